The maximum atomic E-state index is 12.6. The SMILES string of the molecule is CC(C)n1c(C(F)F)nnc1S(=O)(=O)F. The van der Waals surface area contributed by atoms with Crippen LogP contribution in [0, 0.1) is 0 Å². The van der Waals surface area contributed by atoms with Gasteiger partial charge in [-0.1, -0.05) is 3.89 Å². The number of hydrogen-bond donors (Lipinski definition) is 0. The highest BCUT2D eigenvalue weighted by molar-refractivity contribution is 7.86. The first kappa shape index (κ1) is 12.0. The van der Waals surface area contributed by atoms with E-state index in [1.165, 1.54) is 13.8 Å². The van der Waals surface area contributed by atoms with E-state index in [0.717, 1.165) is 0 Å². The largest absolute Gasteiger partial charge is 0.368 e. The summed E-state index contributed by atoms with van der Waals surface area (Å²) in [6, 6.07) is -0.676. The average molecular weight is 243 g/mol. The van der Waals surface area contributed by atoms with Crippen LogP contribution in [0.2, 0.25) is 0 Å². The lowest BCUT2D eigenvalue weighted by Gasteiger charge is -2.10. The molecule has 0 saturated heterocycles. The summed E-state index contributed by atoms with van der Waals surface area (Å²) in [4.78, 5) is 0. The van der Waals surface area contributed by atoms with Crippen LogP contribution >= 0.6 is 0 Å². The molecule has 9 heteroatoms. The predicted molar refractivity (Wildman–Crippen MR) is 43.7 cm³/mol. The van der Waals surface area contributed by atoms with Gasteiger partial charge in [-0.2, -0.15) is 8.42 Å². The lowest BCUT2D eigenvalue weighted by Crippen LogP contribution is -2.12. The topological polar surface area (TPSA) is 64.8 Å². The molecule has 0 saturated carbocycles. The zero-order chi connectivity index (χ0) is 11.8. The lowest BCUT2D eigenvalue weighted by molar-refractivity contribution is 0.132. The second-order valence-electron chi connectivity index (χ2n) is 3.04. The van der Waals surface area contributed by atoms with Gasteiger partial charge in [0.05, 0.1) is 0 Å². The summed E-state index contributed by atoms with van der Waals surface area (Å²) in [5.74, 6) is -0.860. The van der Waals surface area contributed by atoms with E-state index < -0.39 is 33.7 Å². The predicted octanol–water partition coefficient (Wildman–Crippen LogP) is 1.45. The highest BCUT2D eigenvalue weighted by atomic mass is 32.3. The minimum Gasteiger partial charge on any atom is -0.292 e. The van der Waals surface area contributed by atoms with Crippen LogP contribution in [0.5, 0.6) is 0 Å². The van der Waals surface area contributed by atoms with E-state index >= 15 is 0 Å². The van der Waals surface area contributed by atoms with Crippen molar-refractivity contribution in [3.63, 3.8) is 0 Å². The van der Waals surface area contributed by atoms with Crippen LogP contribution in [0.25, 0.3) is 0 Å². The van der Waals surface area contributed by atoms with Gasteiger partial charge in [0, 0.05) is 6.04 Å². The molecule has 0 aliphatic carbocycles. The molecule has 0 N–H and O–H groups in total. The van der Waals surface area contributed by atoms with Crippen LogP contribution in [0.4, 0.5) is 12.7 Å². The maximum Gasteiger partial charge on any atom is 0.368 e. The molecule has 0 aliphatic rings. The molecule has 86 valence electrons. The van der Waals surface area contributed by atoms with Gasteiger partial charge in [-0.25, -0.2) is 8.78 Å². The number of alkyl halides is 2. The second kappa shape index (κ2) is 3.80. The Labute approximate surface area is 84.1 Å². The van der Waals surface area contributed by atoms with Gasteiger partial charge >= 0.3 is 10.2 Å². The summed E-state index contributed by atoms with van der Waals surface area (Å²) < 4.78 is 59.0. The first-order valence-corrected chi connectivity index (χ1v) is 5.31. The van der Waals surface area contributed by atoms with Crippen LogP contribution in [-0.2, 0) is 10.2 Å². The molecular weight excluding hydrogens is 235 g/mol. The molecule has 0 aromatic carbocycles. The molecule has 0 aliphatic heterocycles. The first-order valence-electron chi connectivity index (χ1n) is 3.92. The summed E-state index contributed by atoms with van der Waals surface area (Å²) in [6.07, 6.45) is -3.00. The number of rotatable bonds is 3. The number of hydrogen-bond acceptors (Lipinski definition) is 4. The smallest absolute Gasteiger partial charge is 0.292 e. The quantitative estimate of drug-likeness (QED) is 0.754. The van der Waals surface area contributed by atoms with E-state index in [-0.39, 0.29) is 0 Å². The Morgan fingerprint density at radius 3 is 2.13 bits per heavy atom. The van der Waals surface area contributed by atoms with E-state index in [0.29, 0.717) is 4.57 Å². The van der Waals surface area contributed by atoms with Crippen LogP contribution in [0.1, 0.15) is 32.1 Å². The minimum atomic E-state index is -5.14. The molecule has 0 atom stereocenters. The standard InChI is InChI=1S/C6H8F3N3O2S/c1-3(2)12-5(4(7)8)10-11-6(12)15(9,13)14/h3-4H,1-2H3. The van der Waals surface area contributed by atoms with Crippen molar-refractivity contribution in [1.82, 2.24) is 14.8 Å². The fourth-order valence-corrected chi connectivity index (χ4v) is 1.77. The van der Waals surface area contributed by atoms with E-state index in [9.17, 15) is 21.1 Å². The summed E-state index contributed by atoms with van der Waals surface area (Å²) in [6.45, 7) is 2.84. The Morgan fingerprint density at radius 1 is 1.27 bits per heavy atom. The molecule has 1 aromatic heterocycles. The molecule has 0 spiro atoms. The third-order valence-corrected chi connectivity index (χ3v) is 2.34. The maximum absolute atomic E-state index is 12.6. The van der Waals surface area contributed by atoms with E-state index in [1.54, 1.807) is 0 Å². The fourth-order valence-electron chi connectivity index (χ4n) is 1.09. The Kier molecular flexibility index (Phi) is 3.03. The third-order valence-electron chi connectivity index (χ3n) is 1.62. The number of nitrogens with zero attached hydrogens (tertiary/aromatic N) is 3. The Balaban J connectivity index is 3.44. The normalized spacial score (nSPS) is 12.7. The summed E-state index contributed by atoms with van der Waals surface area (Å²) in [7, 11) is -5.14. The van der Waals surface area contributed by atoms with Crippen LogP contribution < -0.4 is 0 Å². The van der Waals surface area contributed by atoms with Crippen molar-refractivity contribution in [2.45, 2.75) is 31.5 Å². The molecule has 0 unspecified atom stereocenters. The first-order chi connectivity index (χ1) is 6.75. The Bertz CT molecular complexity index is 454. The van der Waals surface area contributed by atoms with Crippen molar-refractivity contribution in [2.24, 2.45) is 0 Å². The highest BCUT2D eigenvalue weighted by Crippen LogP contribution is 2.24. The molecular formula is C6H8F3N3O2S. The van der Waals surface area contributed by atoms with Crippen molar-refractivity contribution >= 4 is 10.2 Å². The van der Waals surface area contributed by atoms with Gasteiger partial charge in [-0.3, -0.25) is 4.57 Å². The van der Waals surface area contributed by atoms with Gasteiger partial charge in [-0.15, -0.1) is 10.2 Å². The van der Waals surface area contributed by atoms with E-state index in [2.05, 4.69) is 10.2 Å². The summed E-state index contributed by atoms with van der Waals surface area (Å²) in [5.41, 5.74) is 0. The summed E-state index contributed by atoms with van der Waals surface area (Å²) in [5, 5.41) is 4.76. The monoisotopic (exact) mass is 243 g/mol. The fraction of sp³-hybridized carbons (Fsp3) is 0.667. The minimum absolute atomic E-state index is 0.556. The Hall–Kier alpha value is -1.12. The molecule has 1 rings (SSSR count). The third kappa shape index (κ3) is 2.28. The second-order valence-corrected chi connectivity index (χ2v) is 4.28. The van der Waals surface area contributed by atoms with E-state index in [4.69, 9.17) is 0 Å². The molecule has 0 fully saturated rings. The van der Waals surface area contributed by atoms with Gasteiger partial charge in [0.15, 0.2) is 0 Å². The number of halogens is 3. The van der Waals surface area contributed by atoms with Crippen molar-refractivity contribution in [2.75, 3.05) is 0 Å². The van der Waals surface area contributed by atoms with Crippen LogP contribution in [0.3, 0.4) is 0 Å². The molecule has 0 amide bonds. The zero-order valence-electron chi connectivity index (χ0n) is 7.85. The van der Waals surface area contributed by atoms with Gasteiger partial charge in [0.1, 0.15) is 0 Å². The molecule has 1 heterocycles. The molecule has 1 aromatic rings. The molecule has 5 nitrogen and oxygen atoms in total. The molecule has 15 heavy (non-hydrogen) atoms. The van der Waals surface area contributed by atoms with Gasteiger partial charge < -0.3 is 0 Å². The molecule has 0 radical (unpaired) electrons. The number of aromatic nitrogens is 3. The Morgan fingerprint density at radius 2 is 1.80 bits per heavy atom. The van der Waals surface area contributed by atoms with Crippen molar-refractivity contribution in [3.05, 3.63) is 5.82 Å². The van der Waals surface area contributed by atoms with Crippen molar-refractivity contribution in [1.29, 1.82) is 0 Å². The van der Waals surface area contributed by atoms with Crippen LogP contribution in [-0.4, -0.2) is 23.2 Å². The van der Waals surface area contributed by atoms with Gasteiger partial charge in [0.2, 0.25) is 5.82 Å². The van der Waals surface area contributed by atoms with Crippen molar-refractivity contribution in [3.8, 4) is 0 Å². The lowest BCUT2D eigenvalue weighted by atomic mass is 10.4. The van der Waals surface area contributed by atoms with E-state index in [1.807, 2.05) is 0 Å². The van der Waals surface area contributed by atoms with Gasteiger partial charge in [0.25, 0.3) is 11.6 Å². The zero-order valence-corrected chi connectivity index (χ0v) is 8.67. The highest BCUT2D eigenvalue weighted by Gasteiger charge is 2.29. The summed E-state index contributed by atoms with van der Waals surface area (Å²) >= 11 is 0. The van der Waals surface area contributed by atoms with Gasteiger partial charge in [-0.05, 0) is 13.8 Å². The van der Waals surface area contributed by atoms with Crippen molar-refractivity contribution < 1.29 is 21.1 Å². The van der Waals surface area contributed by atoms with Crippen LogP contribution in [0.15, 0.2) is 5.16 Å². The molecule has 0 bridgehead atoms. The average Bonchev–Trinajstić information content (AvgIpc) is 2.45.